The number of ether oxygens (including phenoxy) is 1. The van der Waals surface area contributed by atoms with Crippen molar-refractivity contribution in [2.24, 2.45) is 5.73 Å². The van der Waals surface area contributed by atoms with Crippen LogP contribution in [0.4, 0.5) is 0 Å². The standard InChI is InChI=1S/C18H20N4O3S/c1-13-5-2-3-6-14(13)25-11-12-26-18-21-20-17(15-7-4-10-24-15)22(18)9-8-16(19)23/h2-7,10H,8-9,11-12H2,1H3,(H2,19,23). The van der Waals surface area contributed by atoms with Gasteiger partial charge >= 0.3 is 0 Å². The zero-order valence-corrected chi connectivity index (χ0v) is 15.2. The highest BCUT2D eigenvalue weighted by Gasteiger charge is 2.16. The third kappa shape index (κ3) is 4.45. The molecule has 3 aromatic rings. The third-order valence-corrected chi connectivity index (χ3v) is 4.64. The van der Waals surface area contributed by atoms with Crippen LogP contribution in [0, 0.1) is 6.92 Å². The highest BCUT2D eigenvalue weighted by Crippen LogP contribution is 2.25. The summed E-state index contributed by atoms with van der Waals surface area (Å²) in [4.78, 5) is 11.2. The molecule has 136 valence electrons. The van der Waals surface area contributed by atoms with Gasteiger partial charge < -0.3 is 14.9 Å². The summed E-state index contributed by atoms with van der Waals surface area (Å²) in [5.74, 6) is 2.38. The Kier molecular flexibility index (Phi) is 5.96. The van der Waals surface area contributed by atoms with E-state index in [0.29, 0.717) is 35.6 Å². The van der Waals surface area contributed by atoms with Gasteiger partial charge in [0.05, 0.1) is 12.9 Å². The molecule has 0 saturated heterocycles. The van der Waals surface area contributed by atoms with Crippen molar-refractivity contribution >= 4 is 17.7 Å². The molecule has 0 atom stereocenters. The summed E-state index contributed by atoms with van der Waals surface area (Å²) in [6, 6.07) is 11.5. The lowest BCUT2D eigenvalue weighted by atomic mass is 10.2. The Hall–Kier alpha value is -2.74. The molecule has 0 unspecified atom stereocenters. The molecule has 0 fully saturated rings. The average molecular weight is 372 g/mol. The van der Waals surface area contributed by atoms with Gasteiger partial charge in [-0.05, 0) is 30.7 Å². The number of amides is 1. The number of hydrogen-bond donors (Lipinski definition) is 1. The Morgan fingerprint density at radius 2 is 2.12 bits per heavy atom. The van der Waals surface area contributed by atoms with E-state index >= 15 is 0 Å². The largest absolute Gasteiger partial charge is 0.492 e. The van der Waals surface area contributed by atoms with Crippen molar-refractivity contribution in [1.82, 2.24) is 14.8 Å². The van der Waals surface area contributed by atoms with E-state index in [9.17, 15) is 4.79 Å². The van der Waals surface area contributed by atoms with E-state index in [0.717, 1.165) is 11.3 Å². The molecular weight excluding hydrogens is 352 g/mol. The number of nitrogens with zero attached hydrogens (tertiary/aromatic N) is 3. The first-order chi connectivity index (χ1) is 12.6. The molecule has 0 bridgehead atoms. The summed E-state index contributed by atoms with van der Waals surface area (Å²) in [6.45, 7) is 2.95. The first kappa shape index (κ1) is 18.1. The number of benzene rings is 1. The first-order valence-electron chi connectivity index (χ1n) is 8.22. The maximum absolute atomic E-state index is 11.2. The minimum Gasteiger partial charge on any atom is -0.492 e. The topological polar surface area (TPSA) is 96.2 Å². The number of carbonyl (C=O) groups excluding carboxylic acids is 1. The average Bonchev–Trinajstić information content (AvgIpc) is 3.27. The van der Waals surface area contributed by atoms with Gasteiger partial charge in [-0.3, -0.25) is 9.36 Å². The molecule has 1 aromatic carbocycles. The Labute approximate surface area is 155 Å². The van der Waals surface area contributed by atoms with Crippen molar-refractivity contribution < 1.29 is 13.9 Å². The monoisotopic (exact) mass is 372 g/mol. The predicted octanol–water partition coefficient (Wildman–Crippen LogP) is 2.89. The van der Waals surface area contributed by atoms with E-state index < -0.39 is 0 Å². The minimum atomic E-state index is -0.372. The van der Waals surface area contributed by atoms with Crippen molar-refractivity contribution in [3.05, 3.63) is 48.2 Å². The number of furan rings is 1. The number of aromatic nitrogens is 3. The summed E-state index contributed by atoms with van der Waals surface area (Å²) < 4.78 is 13.1. The third-order valence-electron chi connectivity index (χ3n) is 3.71. The Balaban J connectivity index is 1.65. The zero-order chi connectivity index (χ0) is 18.4. The summed E-state index contributed by atoms with van der Waals surface area (Å²) in [5.41, 5.74) is 6.38. The van der Waals surface area contributed by atoms with Gasteiger partial charge in [0.2, 0.25) is 5.91 Å². The van der Waals surface area contributed by atoms with Crippen LogP contribution in [0.5, 0.6) is 5.75 Å². The van der Waals surface area contributed by atoms with Crippen molar-refractivity contribution in [2.45, 2.75) is 25.0 Å². The fourth-order valence-electron chi connectivity index (χ4n) is 2.41. The molecule has 0 aliphatic heterocycles. The van der Waals surface area contributed by atoms with Crippen LogP contribution in [0.15, 0.2) is 52.2 Å². The van der Waals surface area contributed by atoms with Crippen LogP contribution in [0.25, 0.3) is 11.6 Å². The van der Waals surface area contributed by atoms with Crippen LogP contribution in [-0.4, -0.2) is 33.0 Å². The van der Waals surface area contributed by atoms with Gasteiger partial charge in [0.15, 0.2) is 16.7 Å². The van der Waals surface area contributed by atoms with Crippen molar-refractivity contribution in [3.8, 4) is 17.3 Å². The smallest absolute Gasteiger partial charge is 0.219 e. The second-order valence-corrected chi connectivity index (χ2v) is 6.68. The zero-order valence-electron chi connectivity index (χ0n) is 14.4. The molecule has 7 nitrogen and oxygen atoms in total. The van der Waals surface area contributed by atoms with Crippen LogP contribution in [0.1, 0.15) is 12.0 Å². The minimum absolute atomic E-state index is 0.207. The van der Waals surface area contributed by atoms with Gasteiger partial charge in [-0.1, -0.05) is 30.0 Å². The van der Waals surface area contributed by atoms with E-state index in [1.165, 1.54) is 11.8 Å². The molecule has 0 aliphatic rings. The fourth-order valence-corrected chi connectivity index (χ4v) is 3.19. The van der Waals surface area contributed by atoms with Crippen LogP contribution in [0.2, 0.25) is 0 Å². The van der Waals surface area contributed by atoms with Gasteiger partial charge in [-0.15, -0.1) is 10.2 Å². The van der Waals surface area contributed by atoms with E-state index in [-0.39, 0.29) is 12.3 Å². The molecular formula is C18H20N4O3S. The molecule has 1 amide bonds. The summed E-state index contributed by atoms with van der Waals surface area (Å²) in [7, 11) is 0. The Morgan fingerprint density at radius 1 is 1.27 bits per heavy atom. The molecule has 0 aliphatic carbocycles. The lowest BCUT2D eigenvalue weighted by molar-refractivity contribution is -0.118. The quantitative estimate of drug-likeness (QED) is 0.458. The van der Waals surface area contributed by atoms with Crippen LogP contribution < -0.4 is 10.5 Å². The lowest BCUT2D eigenvalue weighted by Crippen LogP contribution is -2.15. The number of rotatable bonds is 9. The van der Waals surface area contributed by atoms with Gasteiger partial charge in [0.1, 0.15) is 5.75 Å². The number of para-hydroxylation sites is 1. The molecule has 0 spiro atoms. The van der Waals surface area contributed by atoms with Crippen molar-refractivity contribution in [3.63, 3.8) is 0 Å². The Bertz CT molecular complexity index is 861. The molecule has 8 heteroatoms. The van der Waals surface area contributed by atoms with Crippen LogP contribution in [0.3, 0.4) is 0 Å². The first-order valence-corrected chi connectivity index (χ1v) is 9.20. The van der Waals surface area contributed by atoms with E-state index in [2.05, 4.69) is 10.2 Å². The van der Waals surface area contributed by atoms with Crippen molar-refractivity contribution in [2.75, 3.05) is 12.4 Å². The molecule has 0 radical (unpaired) electrons. The SMILES string of the molecule is Cc1ccccc1OCCSc1nnc(-c2ccco2)n1CCC(N)=O. The van der Waals surface area contributed by atoms with Gasteiger partial charge in [-0.2, -0.15) is 0 Å². The highest BCUT2D eigenvalue weighted by molar-refractivity contribution is 7.99. The second-order valence-electron chi connectivity index (χ2n) is 5.61. The molecule has 2 aromatic heterocycles. The number of carbonyl (C=O) groups is 1. The molecule has 3 rings (SSSR count). The van der Waals surface area contributed by atoms with Crippen LogP contribution >= 0.6 is 11.8 Å². The predicted molar refractivity (Wildman–Crippen MR) is 98.9 cm³/mol. The maximum Gasteiger partial charge on any atom is 0.219 e. The number of nitrogens with two attached hydrogens (primary N) is 1. The van der Waals surface area contributed by atoms with E-state index in [4.69, 9.17) is 14.9 Å². The molecule has 26 heavy (non-hydrogen) atoms. The molecule has 0 saturated carbocycles. The lowest BCUT2D eigenvalue weighted by Gasteiger charge is -2.10. The molecule has 2 N–H and O–H groups in total. The summed E-state index contributed by atoms with van der Waals surface area (Å²) in [5, 5.41) is 9.11. The molecule has 2 heterocycles. The number of thioether (sulfide) groups is 1. The fraction of sp³-hybridized carbons (Fsp3) is 0.278. The van der Waals surface area contributed by atoms with E-state index in [1.54, 1.807) is 18.4 Å². The highest BCUT2D eigenvalue weighted by atomic mass is 32.2. The summed E-state index contributed by atoms with van der Waals surface area (Å²) in [6.07, 6.45) is 1.78. The summed E-state index contributed by atoms with van der Waals surface area (Å²) >= 11 is 1.51. The second kappa shape index (κ2) is 8.57. The van der Waals surface area contributed by atoms with E-state index in [1.807, 2.05) is 35.8 Å². The van der Waals surface area contributed by atoms with Crippen molar-refractivity contribution in [1.29, 1.82) is 0 Å². The van der Waals surface area contributed by atoms with Gasteiger partial charge in [0, 0.05) is 18.7 Å². The number of aryl methyl sites for hydroxylation is 1. The van der Waals surface area contributed by atoms with Crippen LogP contribution in [-0.2, 0) is 11.3 Å². The van der Waals surface area contributed by atoms with Gasteiger partial charge in [-0.25, -0.2) is 0 Å². The number of primary amides is 1. The maximum atomic E-state index is 11.2. The number of hydrogen-bond acceptors (Lipinski definition) is 6. The van der Waals surface area contributed by atoms with Gasteiger partial charge in [0.25, 0.3) is 0 Å². The Morgan fingerprint density at radius 3 is 2.85 bits per heavy atom. The normalized spacial score (nSPS) is 10.8.